The van der Waals surface area contributed by atoms with Crippen molar-refractivity contribution < 1.29 is 0 Å². The Kier molecular flexibility index (Phi) is 2.15. The molecule has 2 N–H and O–H groups in total. The van der Waals surface area contributed by atoms with Gasteiger partial charge in [0.1, 0.15) is 0 Å². The molecule has 3 unspecified atom stereocenters. The number of thiazole rings is 1. The van der Waals surface area contributed by atoms with Gasteiger partial charge in [0.15, 0.2) is 0 Å². The SMILES string of the molecule is Cc1csc(CC2(N)CC3CCC2C3)n1. The van der Waals surface area contributed by atoms with Gasteiger partial charge in [0.05, 0.1) is 5.01 Å². The third-order valence-electron chi connectivity index (χ3n) is 4.17. The van der Waals surface area contributed by atoms with Crippen LogP contribution in [0.25, 0.3) is 0 Å². The van der Waals surface area contributed by atoms with E-state index in [1.54, 1.807) is 11.3 Å². The highest BCUT2D eigenvalue weighted by atomic mass is 32.1. The van der Waals surface area contributed by atoms with Crippen molar-refractivity contribution in [2.45, 2.75) is 44.6 Å². The Hall–Kier alpha value is -0.410. The monoisotopic (exact) mass is 222 g/mol. The maximum atomic E-state index is 6.55. The summed E-state index contributed by atoms with van der Waals surface area (Å²) in [6.07, 6.45) is 6.38. The predicted molar refractivity (Wildman–Crippen MR) is 62.9 cm³/mol. The molecule has 1 aromatic heterocycles. The van der Waals surface area contributed by atoms with Crippen LogP contribution in [0, 0.1) is 18.8 Å². The van der Waals surface area contributed by atoms with Crippen LogP contribution in [0.3, 0.4) is 0 Å². The number of aryl methyl sites for hydroxylation is 1. The first-order valence-corrected chi connectivity index (χ1v) is 6.73. The largest absolute Gasteiger partial charge is 0.324 e. The highest BCUT2D eigenvalue weighted by molar-refractivity contribution is 7.09. The van der Waals surface area contributed by atoms with Crippen molar-refractivity contribution in [2.75, 3.05) is 0 Å². The van der Waals surface area contributed by atoms with Gasteiger partial charge in [-0.25, -0.2) is 4.98 Å². The molecule has 0 aromatic carbocycles. The molecule has 1 aromatic rings. The average molecular weight is 222 g/mol. The molecule has 1 heterocycles. The summed E-state index contributed by atoms with van der Waals surface area (Å²) in [4.78, 5) is 4.54. The lowest BCUT2D eigenvalue weighted by Gasteiger charge is -2.33. The fourth-order valence-electron chi connectivity index (χ4n) is 3.47. The van der Waals surface area contributed by atoms with Crippen LogP contribution >= 0.6 is 11.3 Å². The molecule has 15 heavy (non-hydrogen) atoms. The first-order valence-electron chi connectivity index (χ1n) is 5.85. The van der Waals surface area contributed by atoms with Crippen molar-refractivity contribution in [3.8, 4) is 0 Å². The van der Waals surface area contributed by atoms with E-state index in [-0.39, 0.29) is 5.54 Å². The number of nitrogens with two attached hydrogens (primary N) is 1. The molecule has 2 bridgehead atoms. The maximum absolute atomic E-state index is 6.55. The zero-order valence-electron chi connectivity index (χ0n) is 9.20. The lowest BCUT2D eigenvalue weighted by atomic mass is 9.79. The molecule has 2 aliphatic carbocycles. The molecule has 2 fully saturated rings. The molecular formula is C12H18N2S. The van der Waals surface area contributed by atoms with Gasteiger partial charge in [-0.2, -0.15) is 0 Å². The zero-order chi connectivity index (χ0) is 10.5. The topological polar surface area (TPSA) is 38.9 Å². The summed E-state index contributed by atoms with van der Waals surface area (Å²) in [6, 6.07) is 0. The smallest absolute Gasteiger partial charge is 0.0946 e. The summed E-state index contributed by atoms with van der Waals surface area (Å²) in [5.74, 6) is 1.69. The molecule has 3 rings (SSSR count). The second kappa shape index (κ2) is 3.29. The highest BCUT2D eigenvalue weighted by Crippen LogP contribution is 2.50. The van der Waals surface area contributed by atoms with Crippen molar-refractivity contribution in [3.63, 3.8) is 0 Å². The maximum Gasteiger partial charge on any atom is 0.0946 e. The number of aromatic nitrogens is 1. The molecule has 3 heteroatoms. The number of fused-ring (bicyclic) bond motifs is 2. The van der Waals surface area contributed by atoms with Crippen molar-refractivity contribution in [3.05, 3.63) is 16.1 Å². The Morgan fingerprint density at radius 1 is 1.60 bits per heavy atom. The van der Waals surface area contributed by atoms with Gasteiger partial charge >= 0.3 is 0 Å². The van der Waals surface area contributed by atoms with Crippen molar-refractivity contribution in [1.29, 1.82) is 0 Å². The first kappa shape index (κ1) is 9.79. The summed E-state index contributed by atoms with van der Waals surface area (Å²) in [6.45, 7) is 2.06. The van der Waals surface area contributed by atoms with Crippen LogP contribution in [0.1, 0.15) is 36.4 Å². The molecule has 3 atom stereocenters. The van der Waals surface area contributed by atoms with E-state index in [4.69, 9.17) is 5.73 Å². The van der Waals surface area contributed by atoms with Gasteiger partial charge in [-0.05, 0) is 38.0 Å². The van der Waals surface area contributed by atoms with Gasteiger partial charge in [0.25, 0.3) is 0 Å². The second-order valence-electron chi connectivity index (χ2n) is 5.37. The standard InChI is InChI=1S/C12H18N2S/c1-8-7-15-11(14-8)6-12(13)5-9-2-3-10(12)4-9/h7,9-10H,2-6,13H2,1H3. The van der Waals surface area contributed by atoms with E-state index in [0.29, 0.717) is 0 Å². The molecule has 2 aliphatic rings. The molecule has 2 nitrogen and oxygen atoms in total. The Bertz CT molecular complexity index is 373. The minimum Gasteiger partial charge on any atom is -0.324 e. The summed E-state index contributed by atoms with van der Waals surface area (Å²) in [7, 11) is 0. The van der Waals surface area contributed by atoms with Crippen LogP contribution in [0.5, 0.6) is 0 Å². The Labute approximate surface area is 94.9 Å². The fraction of sp³-hybridized carbons (Fsp3) is 0.750. The van der Waals surface area contributed by atoms with E-state index in [2.05, 4.69) is 17.3 Å². The zero-order valence-corrected chi connectivity index (χ0v) is 10.0. The molecule has 82 valence electrons. The molecule has 0 spiro atoms. The van der Waals surface area contributed by atoms with Crippen molar-refractivity contribution in [1.82, 2.24) is 4.98 Å². The van der Waals surface area contributed by atoms with Gasteiger partial charge in [-0.3, -0.25) is 0 Å². The van der Waals surface area contributed by atoms with Crippen LogP contribution in [0.15, 0.2) is 5.38 Å². The lowest BCUT2D eigenvalue weighted by molar-refractivity contribution is 0.269. The summed E-state index contributed by atoms with van der Waals surface area (Å²) in [5.41, 5.74) is 7.77. The van der Waals surface area contributed by atoms with E-state index in [1.165, 1.54) is 30.7 Å². The molecule has 0 radical (unpaired) electrons. The van der Waals surface area contributed by atoms with E-state index >= 15 is 0 Å². The second-order valence-corrected chi connectivity index (χ2v) is 6.32. The van der Waals surface area contributed by atoms with Gasteiger partial charge in [0, 0.05) is 23.0 Å². The van der Waals surface area contributed by atoms with E-state index in [9.17, 15) is 0 Å². The summed E-state index contributed by atoms with van der Waals surface area (Å²) >= 11 is 1.77. The highest BCUT2D eigenvalue weighted by Gasteiger charge is 2.48. The van der Waals surface area contributed by atoms with E-state index in [1.807, 2.05) is 0 Å². The minimum absolute atomic E-state index is 0.0766. The number of hydrogen-bond acceptors (Lipinski definition) is 3. The molecule has 0 aliphatic heterocycles. The fourth-order valence-corrected chi connectivity index (χ4v) is 4.38. The normalized spacial score (nSPS) is 38.8. The predicted octanol–water partition coefficient (Wildman–Crippen LogP) is 2.51. The van der Waals surface area contributed by atoms with Crippen molar-refractivity contribution in [2.24, 2.45) is 17.6 Å². The first-order chi connectivity index (χ1) is 7.16. The Morgan fingerprint density at radius 2 is 2.47 bits per heavy atom. The van der Waals surface area contributed by atoms with E-state index < -0.39 is 0 Å². The molecule has 0 saturated heterocycles. The minimum atomic E-state index is 0.0766. The Balaban J connectivity index is 1.77. The van der Waals surface area contributed by atoms with Gasteiger partial charge in [-0.15, -0.1) is 11.3 Å². The third-order valence-corrected chi connectivity index (χ3v) is 5.14. The number of hydrogen-bond donors (Lipinski definition) is 1. The Morgan fingerprint density at radius 3 is 3.00 bits per heavy atom. The number of nitrogens with zero attached hydrogens (tertiary/aromatic N) is 1. The van der Waals surface area contributed by atoms with Gasteiger partial charge in [-0.1, -0.05) is 6.42 Å². The molecule has 2 saturated carbocycles. The van der Waals surface area contributed by atoms with E-state index in [0.717, 1.165) is 24.0 Å². The van der Waals surface area contributed by atoms with Crippen LogP contribution in [0.2, 0.25) is 0 Å². The van der Waals surface area contributed by atoms with Crippen LogP contribution in [-0.2, 0) is 6.42 Å². The van der Waals surface area contributed by atoms with Crippen molar-refractivity contribution >= 4 is 11.3 Å². The summed E-state index contributed by atoms with van der Waals surface area (Å²) < 4.78 is 0. The molecular weight excluding hydrogens is 204 g/mol. The number of rotatable bonds is 2. The van der Waals surface area contributed by atoms with Gasteiger partial charge < -0.3 is 5.73 Å². The summed E-state index contributed by atoms with van der Waals surface area (Å²) in [5, 5.41) is 3.37. The van der Waals surface area contributed by atoms with Crippen LogP contribution in [0.4, 0.5) is 0 Å². The molecule has 0 amide bonds. The third kappa shape index (κ3) is 1.62. The average Bonchev–Trinajstić information content (AvgIpc) is 2.81. The lowest BCUT2D eigenvalue weighted by Crippen LogP contribution is -2.46. The van der Waals surface area contributed by atoms with Crippen LogP contribution in [-0.4, -0.2) is 10.5 Å². The quantitative estimate of drug-likeness (QED) is 0.835. The van der Waals surface area contributed by atoms with Gasteiger partial charge in [0.2, 0.25) is 0 Å². The van der Waals surface area contributed by atoms with Crippen LogP contribution < -0.4 is 5.73 Å².